The number of carbonyl (C=O) groups is 1. The van der Waals surface area contributed by atoms with Crippen LogP contribution in [0, 0.1) is 6.92 Å². The summed E-state index contributed by atoms with van der Waals surface area (Å²) in [6.07, 6.45) is 4.65. The molecule has 0 heterocycles. The molecule has 0 aliphatic heterocycles. The first-order chi connectivity index (χ1) is 8.65. The van der Waals surface area contributed by atoms with Gasteiger partial charge in [-0.15, -0.1) is 0 Å². The van der Waals surface area contributed by atoms with Crippen LogP contribution in [0.1, 0.15) is 41.6 Å². The van der Waals surface area contributed by atoms with Crippen molar-refractivity contribution in [2.75, 3.05) is 11.9 Å². The summed E-state index contributed by atoms with van der Waals surface area (Å²) in [5.74, 6) is 0.0282. The summed E-state index contributed by atoms with van der Waals surface area (Å²) >= 11 is 6.81. The van der Waals surface area contributed by atoms with E-state index in [1.165, 1.54) is 19.3 Å². The van der Waals surface area contributed by atoms with Gasteiger partial charge in [0, 0.05) is 21.9 Å². The Hall–Kier alpha value is -0.350. The summed E-state index contributed by atoms with van der Waals surface area (Å²) in [7, 11) is 0. The molecule has 0 unspecified atom stereocenters. The topological polar surface area (TPSA) is 29.1 Å². The van der Waals surface area contributed by atoms with Gasteiger partial charge in [-0.2, -0.15) is 0 Å². The number of halogens is 2. The summed E-state index contributed by atoms with van der Waals surface area (Å²) in [4.78, 5) is 11.9. The van der Waals surface area contributed by atoms with Crippen molar-refractivity contribution in [1.82, 2.24) is 5.32 Å². The summed E-state index contributed by atoms with van der Waals surface area (Å²) in [6.45, 7) is 2.71. The highest BCUT2D eigenvalue weighted by atomic mass is 79.9. The highest BCUT2D eigenvalue weighted by Gasteiger charge is 2.07. The van der Waals surface area contributed by atoms with E-state index in [0.29, 0.717) is 0 Å². The van der Waals surface area contributed by atoms with Gasteiger partial charge in [0.1, 0.15) is 0 Å². The molecule has 0 bridgehead atoms. The molecular weight excluding hydrogens is 358 g/mol. The molecule has 0 aromatic heterocycles. The number of alkyl halides is 1. The quantitative estimate of drug-likeness (QED) is 0.553. The molecule has 0 radical (unpaired) electrons. The van der Waals surface area contributed by atoms with E-state index in [4.69, 9.17) is 0 Å². The number of unbranched alkanes of at least 4 members (excludes halogenated alkanes) is 3. The molecule has 18 heavy (non-hydrogen) atoms. The van der Waals surface area contributed by atoms with Gasteiger partial charge in [0.25, 0.3) is 5.91 Å². The Morgan fingerprint density at radius 1 is 1.22 bits per heavy atom. The molecule has 1 N–H and O–H groups in total. The van der Waals surface area contributed by atoms with Gasteiger partial charge in [-0.3, -0.25) is 4.79 Å². The van der Waals surface area contributed by atoms with Crippen molar-refractivity contribution < 1.29 is 4.79 Å². The molecule has 0 atom stereocenters. The van der Waals surface area contributed by atoms with Crippen LogP contribution in [0.5, 0.6) is 0 Å². The van der Waals surface area contributed by atoms with Crippen molar-refractivity contribution in [2.45, 2.75) is 32.6 Å². The summed E-state index contributed by atoms with van der Waals surface area (Å²) in [6, 6.07) is 5.72. The minimum absolute atomic E-state index is 0.0282. The Kier molecular flexibility index (Phi) is 7.59. The molecule has 4 heteroatoms. The van der Waals surface area contributed by atoms with E-state index in [9.17, 15) is 4.79 Å². The highest BCUT2D eigenvalue weighted by molar-refractivity contribution is 9.10. The van der Waals surface area contributed by atoms with Crippen molar-refractivity contribution in [3.63, 3.8) is 0 Å². The molecule has 0 aliphatic rings. The van der Waals surface area contributed by atoms with Gasteiger partial charge in [-0.1, -0.05) is 44.7 Å². The molecular formula is C14H19Br2NO. The average molecular weight is 377 g/mol. The zero-order valence-electron chi connectivity index (χ0n) is 10.6. The Balaban J connectivity index is 2.32. The molecule has 2 nitrogen and oxygen atoms in total. The number of hydrogen-bond donors (Lipinski definition) is 1. The van der Waals surface area contributed by atoms with Crippen molar-refractivity contribution in [1.29, 1.82) is 0 Å². The van der Waals surface area contributed by atoms with Gasteiger partial charge in [0.15, 0.2) is 0 Å². The molecule has 1 rings (SSSR count). The molecule has 0 fully saturated rings. The Labute approximate surface area is 126 Å². The van der Waals surface area contributed by atoms with Gasteiger partial charge in [0.05, 0.1) is 0 Å². The van der Waals surface area contributed by atoms with Gasteiger partial charge in [0.2, 0.25) is 0 Å². The second-order valence-corrected chi connectivity index (χ2v) is 6.03. The molecule has 0 saturated carbocycles. The summed E-state index contributed by atoms with van der Waals surface area (Å²) in [5.41, 5.74) is 1.76. The van der Waals surface area contributed by atoms with E-state index in [-0.39, 0.29) is 5.91 Å². The van der Waals surface area contributed by atoms with Gasteiger partial charge >= 0.3 is 0 Å². The summed E-state index contributed by atoms with van der Waals surface area (Å²) in [5, 5.41) is 4.04. The first-order valence-electron chi connectivity index (χ1n) is 6.25. The van der Waals surface area contributed by atoms with Crippen LogP contribution in [0.15, 0.2) is 22.7 Å². The minimum Gasteiger partial charge on any atom is -0.352 e. The van der Waals surface area contributed by atoms with Gasteiger partial charge in [-0.25, -0.2) is 0 Å². The van der Waals surface area contributed by atoms with Crippen LogP contribution >= 0.6 is 31.9 Å². The lowest BCUT2D eigenvalue weighted by Gasteiger charge is -2.08. The maximum Gasteiger partial charge on any atom is 0.251 e. The first kappa shape index (κ1) is 15.7. The standard InChI is InChI=1S/C14H19Br2NO/c1-11-10-12(16)6-7-13(11)14(18)17-9-5-3-2-4-8-15/h6-7,10H,2-5,8-9H2,1H3,(H,17,18). The number of carbonyl (C=O) groups excluding carboxylic acids is 1. The number of nitrogens with one attached hydrogen (secondary N) is 1. The van der Waals surface area contributed by atoms with E-state index < -0.39 is 0 Å². The number of benzene rings is 1. The zero-order valence-corrected chi connectivity index (χ0v) is 13.8. The SMILES string of the molecule is Cc1cc(Br)ccc1C(=O)NCCCCCCBr. The van der Waals surface area contributed by atoms with Crippen molar-refractivity contribution in [3.8, 4) is 0 Å². The monoisotopic (exact) mass is 375 g/mol. The lowest BCUT2D eigenvalue weighted by Crippen LogP contribution is -2.25. The minimum atomic E-state index is 0.0282. The van der Waals surface area contributed by atoms with E-state index in [1.807, 2.05) is 25.1 Å². The lowest BCUT2D eigenvalue weighted by atomic mass is 10.1. The van der Waals surface area contributed by atoms with Gasteiger partial charge in [-0.05, 0) is 43.5 Å². The van der Waals surface area contributed by atoms with Crippen molar-refractivity contribution >= 4 is 37.8 Å². The first-order valence-corrected chi connectivity index (χ1v) is 8.17. The fourth-order valence-electron chi connectivity index (χ4n) is 1.75. The van der Waals surface area contributed by atoms with Crippen LogP contribution in [0.4, 0.5) is 0 Å². The summed E-state index contributed by atoms with van der Waals surface area (Å²) < 4.78 is 1.01. The highest BCUT2D eigenvalue weighted by Crippen LogP contribution is 2.15. The molecule has 0 saturated heterocycles. The fraction of sp³-hybridized carbons (Fsp3) is 0.500. The molecule has 100 valence electrons. The number of aryl methyl sites for hydroxylation is 1. The second kappa shape index (κ2) is 8.70. The average Bonchev–Trinajstić information content (AvgIpc) is 2.33. The smallest absolute Gasteiger partial charge is 0.251 e. The molecule has 0 spiro atoms. The van der Waals surface area contributed by atoms with E-state index in [2.05, 4.69) is 37.2 Å². The largest absolute Gasteiger partial charge is 0.352 e. The van der Waals surface area contributed by atoms with Crippen molar-refractivity contribution in [3.05, 3.63) is 33.8 Å². The normalized spacial score (nSPS) is 10.4. The molecule has 1 aromatic rings. The predicted octanol–water partition coefficient (Wildman–Crippen LogP) is 4.44. The third-order valence-corrected chi connectivity index (χ3v) is 3.83. The van der Waals surface area contributed by atoms with E-state index in [1.54, 1.807) is 0 Å². The maximum atomic E-state index is 11.9. The molecule has 0 aliphatic carbocycles. The second-order valence-electron chi connectivity index (χ2n) is 4.32. The number of amides is 1. The maximum absolute atomic E-state index is 11.9. The van der Waals surface area contributed by atoms with Crippen LogP contribution in [-0.2, 0) is 0 Å². The number of rotatable bonds is 7. The van der Waals surface area contributed by atoms with Crippen LogP contribution in [0.3, 0.4) is 0 Å². The number of hydrogen-bond acceptors (Lipinski definition) is 1. The van der Waals surface area contributed by atoms with E-state index in [0.717, 1.165) is 33.9 Å². The Bertz CT molecular complexity index is 393. The van der Waals surface area contributed by atoms with E-state index >= 15 is 0 Å². The Morgan fingerprint density at radius 2 is 1.94 bits per heavy atom. The van der Waals surface area contributed by atoms with Crippen LogP contribution in [0.25, 0.3) is 0 Å². The molecule has 1 amide bonds. The Morgan fingerprint density at radius 3 is 2.61 bits per heavy atom. The third kappa shape index (κ3) is 5.53. The third-order valence-electron chi connectivity index (χ3n) is 2.78. The van der Waals surface area contributed by atoms with Crippen molar-refractivity contribution in [2.24, 2.45) is 0 Å². The predicted molar refractivity (Wildman–Crippen MR) is 83.5 cm³/mol. The fourth-order valence-corrected chi connectivity index (χ4v) is 2.62. The lowest BCUT2D eigenvalue weighted by molar-refractivity contribution is 0.0952. The van der Waals surface area contributed by atoms with Gasteiger partial charge < -0.3 is 5.32 Å². The van der Waals surface area contributed by atoms with Crippen LogP contribution in [-0.4, -0.2) is 17.8 Å². The molecule has 1 aromatic carbocycles. The van der Waals surface area contributed by atoms with Crippen LogP contribution in [0.2, 0.25) is 0 Å². The van der Waals surface area contributed by atoms with Crippen LogP contribution < -0.4 is 5.32 Å². The zero-order chi connectivity index (χ0) is 13.4.